The van der Waals surface area contributed by atoms with E-state index in [1.54, 1.807) is 0 Å². The van der Waals surface area contributed by atoms with Crippen LogP contribution in [0.5, 0.6) is 0 Å². The van der Waals surface area contributed by atoms with Crippen LogP contribution in [0.2, 0.25) is 0 Å². The molecule has 0 amide bonds. The van der Waals surface area contributed by atoms with Gasteiger partial charge in [0.05, 0.1) is 0 Å². The number of rotatable bonds is 2. The van der Waals surface area contributed by atoms with Crippen LogP contribution in [0, 0.1) is 0 Å². The van der Waals surface area contributed by atoms with Gasteiger partial charge in [-0.15, -0.1) is 0 Å². The zero-order chi connectivity index (χ0) is 9.97. The quantitative estimate of drug-likeness (QED) is 0.733. The molecule has 0 aliphatic carbocycles. The number of nitrogens with one attached hydrogen (secondary N) is 1. The number of H-pyrrole nitrogens is 1. The first-order valence-electron chi connectivity index (χ1n) is 5.08. The number of fused-ring (bicyclic) bond motifs is 1. The van der Waals surface area contributed by atoms with Crippen molar-refractivity contribution in [2.75, 3.05) is 0 Å². The van der Waals surface area contributed by atoms with E-state index in [2.05, 4.69) is 48.3 Å². The van der Waals surface area contributed by atoms with E-state index in [0.717, 1.165) is 6.42 Å². The Morgan fingerprint density at radius 1 is 1.29 bits per heavy atom. The van der Waals surface area contributed by atoms with Gasteiger partial charge in [-0.25, -0.2) is 0 Å². The largest absolute Gasteiger partial charge is 0.358 e. The topological polar surface area (TPSA) is 15.8 Å². The molecule has 1 heterocycles. The second kappa shape index (κ2) is 3.70. The van der Waals surface area contributed by atoms with E-state index < -0.39 is 0 Å². The Kier molecular flexibility index (Phi) is 2.40. The Morgan fingerprint density at radius 2 is 2.14 bits per heavy atom. The summed E-state index contributed by atoms with van der Waals surface area (Å²) in [6, 6.07) is 8.72. The number of hydrogen-bond acceptors (Lipinski definition) is 0. The molecule has 1 heteroatoms. The summed E-state index contributed by atoms with van der Waals surface area (Å²) in [6.07, 6.45) is 5.24. The zero-order valence-electron chi connectivity index (χ0n) is 8.67. The maximum Gasteiger partial charge on any atom is 0.0462 e. The van der Waals surface area contributed by atoms with Gasteiger partial charge in [-0.3, -0.25) is 0 Å². The Hall–Kier alpha value is -1.50. The summed E-state index contributed by atoms with van der Waals surface area (Å²) in [6.45, 7) is 4.20. The van der Waals surface area contributed by atoms with Crippen molar-refractivity contribution in [3.63, 3.8) is 0 Å². The molecule has 0 saturated carbocycles. The van der Waals surface area contributed by atoms with Gasteiger partial charge >= 0.3 is 0 Å². The number of hydrogen-bond donors (Lipinski definition) is 1. The lowest BCUT2D eigenvalue weighted by molar-refractivity contribution is 1.07. The van der Waals surface area contributed by atoms with Crippen LogP contribution in [0.4, 0.5) is 0 Å². The minimum atomic E-state index is 1.06. The van der Waals surface area contributed by atoms with Gasteiger partial charge in [0.25, 0.3) is 0 Å². The van der Waals surface area contributed by atoms with E-state index in [1.807, 2.05) is 6.92 Å². The molecule has 1 nitrogen and oxygen atoms in total. The second-order valence-electron chi connectivity index (χ2n) is 3.49. The molecule has 1 aromatic heterocycles. The normalized spacial score (nSPS) is 11.6. The van der Waals surface area contributed by atoms with E-state index in [4.69, 9.17) is 0 Å². The molecule has 2 rings (SSSR count). The summed E-state index contributed by atoms with van der Waals surface area (Å²) < 4.78 is 0. The van der Waals surface area contributed by atoms with Crippen molar-refractivity contribution in [1.82, 2.24) is 4.98 Å². The smallest absolute Gasteiger partial charge is 0.0462 e. The highest BCUT2D eigenvalue weighted by Gasteiger charge is 1.98. The first-order chi connectivity index (χ1) is 6.83. The standard InChI is InChI=1S/C13H15N/c1-3-5-10-6-7-11-9-12(4-2)14-13(11)8-10/h3,5-9,14H,4H2,1-2H3/b5-3-. The average molecular weight is 185 g/mol. The molecule has 0 unspecified atom stereocenters. The lowest BCUT2D eigenvalue weighted by Gasteiger charge is -1.93. The minimum absolute atomic E-state index is 1.06. The van der Waals surface area contributed by atoms with Gasteiger partial charge in [0.1, 0.15) is 0 Å². The van der Waals surface area contributed by atoms with Gasteiger partial charge in [-0.05, 0) is 36.4 Å². The highest BCUT2D eigenvalue weighted by Crippen LogP contribution is 2.18. The van der Waals surface area contributed by atoms with E-state index in [-0.39, 0.29) is 0 Å². The van der Waals surface area contributed by atoms with Crippen molar-refractivity contribution in [3.8, 4) is 0 Å². The fourth-order valence-electron chi connectivity index (χ4n) is 1.69. The third-order valence-electron chi connectivity index (χ3n) is 2.44. The molecule has 2 aromatic rings. The van der Waals surface area contributed by atoms with Gasteiger partial charge in [0.2, 0.25) is 0 Å². The van der Waals surface area contributed by atoms with Gasteiger partial charge in [-0.1, -0.05) is 31.2 Å². The monoisotopic (exact) mass is 185 g/mol. The van der Waals surface area contributed by atoms with E-state index in [1.165, 1.54) is 22.2 Å². The van der Waals surface area contributed by atoms with Crippen LogP contribution in [0.15, 0.2) is 30.3 Å². The van der Waals surface area contributed by atoms with Crippen LogP contribution in [0.3, 0.4) is 0 Å². The van der Waals surface area contributed by atoms with E-state index in [9.17, 15) is 0 Å². The number of aromatic nitrogens is 1. The molecule has 0 aliphatic heterocycles. The van der Waals surface area contributed by atoms with Crippen LogP contribution in [-0.4, -0.2) is 4.98 Å². The first-order valence-corrected chi connectivity index (χ1v) is 5.08. The van der Waals surface area contributed by atoms with Crippen LogP contribution >= 0.6 is 0 Å². The molecule has 0 fully saturated rings. The molecule has 0 bridgehead atoms. The molecule has 1 aromatic carbocycles. The molecule has 1 N–H and O–H groups in total. The minimum Gasteiger partial charge on any atom is -0.358 e. The Morgan fingerprint density at radius 3 is 2.86 bits per heavy atom. The third-order valence-corrected chi connectivity index (χ3v) is 2.44. The van der Waals surface area contributed by atoms with Crippen LogP contribution in [0.25, 0.3) is 17.0 Å². The van der Waals surface area contributed by atoms with Crippen molar-refractivity contribution in [2.24, 2.45) is 0 Å². The van der Waals surface area contributed by atoms with Gasteiger partial charge in [-0.2, -0.15) is 0 Å². The third kappa shape index (κ3) is 1.58. The van der Waals surface area contributed by atoms with Crippen molar-refractivity contribution in [1.29, 1.82) is 0 Å². The predicted molar refractivity (Wildman–Crippen MR) is 62.4 cm³/mol. The van der Waals surface area contributed by atoms with Gasteiger partial charge in [0.15, 0.2) is 0 Å². The number of allylic oxidation sites excluding steroid dienone is 1. The Labute approximate surface area is 84.5 Å². The summed E-state index contributed by atoms with van der Waals surface area (Å²) >= 11 is 0. The molecule has 0 spiro atoms. The number of benzene rings is 1. The van der Waals surface area contributed by atoms with Crippen molar-refractivity contribution >= 4 is 17.0 Å². The van der Waals surface area contributed by atoms with Crippen molar-refractivity contribution in [2.45, 2.75) is 20.3 Å². The molecule has 0 radical (unpaired) electrons. The molecular formula is C13H15N. The molecule has 0 aliphatic rings. The van der Waals surface area contributed by atoms with Crippen molar-refractivity contribution in [3.05, 3.63) is 41.6 Å². The zero-order valence-corrected chi connectivity index (χ0v) is 8.67. The first kappa shape index (κ1) is 9.07. The molecule has 0 saturated heterocycles. The van der Waals surface area contributed by atoms with Gasteiger partial charge < -0.3 is 4.98 Å². The highest BCUT2D eigenvalue weighted by atomic mass is 14.7. The summed E-state index contributed by atoms with van der Waals surface area (Å²) in [5.74, 6) is 0. The number of aryl methyl sites for hydroxylation is 1. The van der Waals surface area contributed by atoms with Crippen molar-refractivity contribution < 1.29 is 0 Å². The van der Waals surface area contributed by atoms with Crippen LogP contribution in [-0.2, 0) is 6.42 Å². The average Bonchev–Trinajstić information content (AvgIpc) is 2.60. The lowest BCUT2D eigenvalue weighted by atomic mass is 10.1. The molecule has 0 atom stereocenters. The molecular weight excluding hydrogens is 170 g/mol. The summed E-state index contributed by atoms with van der Waals surface area (Å²) in [5.41, 5.74) is 3.79. The van der Waals surface area contributed by atoms with Crippen LogP contribution < -0.4 is 0 Å². The summed E-state index contributed by atoms with van der Waals surface area (Å²) in [7, 11) is 0. The highest BCUT2D eigenvalue weighted by molar-refractivity contribution is 5.82. The Balaban J connectivity index is 2.53. The molecule has 14 heavy (non-hydrogen) atoms. The fraction of sp³-hybridized carbons (Fsp3) is 0.231. The predicted octanol–water partition coefficient (Wildman–Crippen LogP) is 3.76. The maximum absolute atomic E-state index is 3.41. The fourth-order valence-corrected chi connectivity index (χ4v) is 1.69. The maximum atomic E-state index is 3.41. The Bertz CT molecular complexity index is 463. The summed E-state index contributed by atoms with van der Waals surface area (Å²) in [5, 5.41) is 1.30. The van der Waals surface area contributed by atoms with E-state index >= 15 is 0 Å². The molecule has 72 valence electrons. The van der Waals surface area contributed by atoms with Crippen LogP contribution in [0.1, 0.15) is 25.1 Å². The second-order valence-corrected chi connectivity index (χ2v) is 3.49. The lowest BCUT2D eigenvalue weighted by Crippen LogP contribution is -1.76. The van der Waals surface area contributed by atoms with Gasteiger partial charge in [0, 0.05) is 11.2 Å². The SMILES string of the molecule is C/C=C\c1ccc2cc(CC)[nH]c2c1. The van der Waals surface area contributed by atoms with E-state index in [0.29, 0.717) is 0 Å². The summed E-state index contributed by atoms with van der Waals surface area (Å²) in [4.78, 5) is 3.41. The number of aromatic amines is 1.